The molecule has 9 heteroatoms. The van der Waals surface area contributed by atoms with Gasteiger partial charge < -0.3 is 19.9 Å². The van der Waals surface area contributed by atoms with Gasteiger partial charge >= 0.3 is 0 Å². The summed E-state index contributed by atoms with van der Waals surface area (Å²) in [6.07, 6.45) is 0.00953. The van der Waals surface area contributed by atoms with Crippen LogP contribution in [0.1, 0.15) is 13.3 Å². The lowest BCUT2D eigenvalue weighted by atomic mass is 10.2. The first-order valence-electron chi connectivity index (χ1n) is 9.85. The maximum Gasteiger partial charge on any atom is 0.263 e. The summed E-state index contributed by atoms with van der Waals surface area (Å²) in [7, 11) is -1.36. The molecule has 0 saturated carbocycles. The molecule has 1 atom stereocenters. The van der Waals surface area contributed by atoms with Crippen molar-refractivity contribution in [2.75, 3.05) is 62.9 Å². The van der Waals surface area contributed by atoms with Crippen LogP contribution in [0.5, 0.6) is 5.75 Å². The van der Waals surface area contributed by atoms with Gasteiger partial charge in [-0.05, 0) is 39.1 Å². The van der Waals surface area contributed by atoms with Crippen molar-refractivity contribution in [3.63, 3.8) is 0 Å². The summed E-state index contributed by atoms with van der Waals surface area (Å²) in [5.74, 6) is 0.119. The number of carbonyl (C=O) groups is 1. The number of sulfonamides is 1. The largest absolute Gasteiger partial charge is 0.476 e. The Labute approximate surface area is 167 Å². The van der Waals surface area contributed by atoms with Crippen molar-refractivity contribution in [3.05, 3.63) is 24.3 Å². The molecule has 28 heavy (non-hydrogen) atoms. The van der Waals surface area contributed by atoms with Crippen LogP contribution in [0.15, 0.2) is 24.3 Å². The lowest BCUT2D eigenvalue weighted by Crippen LogP contribution is -2.51. The first kappa shape index (κ1) is 20.9. The molecule has 2 heterocycles. The number of likely N-dealkylation sites (N-methyl/N-ethyl adjacent to an activating group) is 1. The Hall–Kier alpha value is -1.84. The summed E-state index contributed by atoms with van der Waals surface area (Å²) >= 11 is 0. The van der Waals surface area contributed by atoms with Gasteiger partial charge in [0.1, 0.15) is 5.75 Å². The fourth-order valence-corrected chi connectivity index (χ4v) is 4.58. The fraction of sp³-hybridized carbons (Fsp3) is 0.632. The third-order valence-corrected chi connectivity index (χ3v) is 7.02. The molecule has 1 saturated heterocycles. The number of ether oxygens (including phenoxy) is 1. The second-order valence-electron chi connectivity index (χ2n) is 7.30. The van der Waals surface area contributed by atoms with Crippen molar-refractivity contribution in [3.8, 4) is 5.75 Å². The van der Waals surface area contributed by atoms with Gasteiger partial charge in [-0.2, -0.15) is 0 Å². The van der Waals surface area contributed by atoms with Crippen molar-refractivity contribution >= 4 is 21.6 Å². The molecule has 1 aromatic carbocycles. The number of benzene rings is 1. The molecule has 3 rings (SSSR count). The first-order valence-corrected chi connectivity index (χ1v) is 11.5. The summed E-state index contributed by atoms with van der Waals surface area (Å²) in [5.41, 5.74) is 0.489. The molecule has 1 N–H and O–H groups in total. The molecule has 1 aromatic rings. The third kappa shape index (κ3) is 4.95. The molecule has 1 fully saturated rings. The minimum Gasteiger partial charge on any atom is -0.476 e. The zero-order valence-electron chi connectivity index (χ0n) is 16.6. The normalized spacial score (nSPS) is 21.1. The monoisotopic (exact) mass is 410 g/mol. The van der Waals surface area contributed by atoms with Crippen LogP contribution in [-0.4, -0.2) is 88.8 Å². The second kappa shape index (κ2) is 9.11. The van der Waals surface area contributed by atoms with Crippen molar-refractivity contribution in [1.82, 2.24) is 15.1 Å². The van der Waals surface area contributed by atoms with Crippen LogP contribution in [-0.2, 0) is 14.8 Å². The number of amides is 1. The van der Waals surface area contributed by atoms with Crippen molar-refractivity contribution in [2.45, 2.75) is 19.4 Å². The predicted molar refractivity (Wildman–Crippen MR) is 109 cm³/mol. The van der Waals surface area contributed by atoms with E-state index in [0.717, 1.165) is 39.1 Å². The van der Waals surface area contributed by atoms with Crippen LogP contribution in [0.2, 0.25) is 0 Å². The molecular weight excluding hydrogens is 380 g/mol. The van der Waals surface area contributed by atoms with E-state index in [9.17, 15) is 13.2 Å². The average molecular weight is 411 g/mol. The van der Waals surface area contributed by atoms with Crippen LogP contribution >= 0.6 is 0 Å². The van der Waals surface area contributed by atoms with Gasteiger partial charge in [-0.15, -0.1) is 0 Å². The van der Waals surface area contributed by atoms with Crippen LogP contribution in [0, 0.1) is 0 Å². The topological polar surface area (TPSA) is 82.2 Å². The van der Waals surface area contributed by atoms with E-state index in [0.29, 0.717) is 18.0 Å². The quantitative estimate of drug-likeness (QED) is 0.654. The van der Waals surface area contributed by atoms with Gasteiger partial charge in [0.2, 0.25) is 10.0 Å². The lowest BCUT2D eigenvalue weighted by molar-refractivity contribution is -0.127. The van der Waals surface area contributed by atoms with E-state index in [1.165, 1.54) is 4.31 Å². The predicted octanol–water partition coefficient (Wildman–Crippen LogP) is 0.357. The van der Waals surface area contributed by atoms with Crippen LogP contribution in [0.25, 0.3) is 0 Å². The third-order valence-electron chi connectivity index (χ3n) is 5.27. The number of para-hydroxylation sites is 2. The standard InChI is InChI=1S/C19H30N4O4S/c1-3-28(25,26)23-15-18(27-17-8-5-4-7-16(17)23)19(24)20-9-6-10-22-13-11-21(2)12-14-22/h4-5,7-8,18H,3,6,9-15H2,1-2H3,(H,20,24)/t18-/m0/s1. The molecule has 0 radical (unpaired) electrons. The number of nitrogens with one attached hydrogen (secondary N) is 1. The van der Waals surface area contributed by atoms with E-state index in [1.54, 1.807) is 31.2 Å². The maximum atomic E-state index is 12.6. The van der Waals surface area contributed by atoms with Crippen molar-refractivity contribution < 1.29 is 17.9 Å². The first-order chi connectivity index (χ1) is 13.4. The maximum absolute atomic E-state index is 12.6. The van der Waals surface area contributed by atoms with Crippen LogP contribution in [0.3, 0.4) is 0 Å². The summed E-state index contributed by atoms with van der Waals surface area (Å²) in [6, 6.07) is 6.93. The highest BCUT2D eigenvalue weighted by molar-refractivity contribution is 7.92. The zero-order chi connectivity index (χ0) is 20.1. The number of anilines is 1. The van der Waals surface area contributed by atoms with E-state index in [4.69, 9.17) is 4.74 Å². The highest BCUT2D eigenvalue weighted by atomic mass is 32.2. The van der Waals surface area contributed by atoms with E-state index in [-0.39, 0.29) is 18.2 Å². The molecule has 0 spiro atoms. The molecule has 0 unspecified atom stereocenters. The van der Waals surface area contributed by atoms with Gasteiger partial charge in [-0.25, -0.2) is 8.42 Å². The number of nitrogens with zero attached hydrogens (tertiary/aromatic N) is 3. The van der Waals surface area contributed by atoms with E-state index in [2.05, 4.69) is 22.2 Å². The van der Waals surface area contributed by atoms with Crippen LogP contribution in [0.4, 0.5) is 5.69 Å². The van der Waals surface area contributed by atoms with Gasteiger partial charge in [-0.3, -0.25) is 9.10 Å². The molecule has 156 valence electrons. The van der Waals surface area contributed by atoms with E-state index < -0.39 is 16.1 Å². The molecule has 2 aliphatic heterocycles. The molecule has 0 aromatic heterocycles. The molecule has 1 amide bonds. The van der Waals surface area contributed by atoms with Gasteiger partial charge in [0.05, 0.1) is 18.0 Å². The Morgan fingerprint density at radius 2 is 1.93 bits per heavy atom. The number of carbonyl (C=O) groups excluding carboxylic acids is 1. The highest BCUT2D eigenvalue weighted by Crippen LogP contribution is 2.34. The van der Waals surface area contributed by atoms with E-state index >= 15 is 0 Å². The number of piperazine rings is 1. The number of hydrogen-bond donors (Lipinski definition) is 1. The van der Waals surface area contributed by atoms with Crippen molar-refractivity contribution in [1.29, 1.82) is 0 Å². The van der Waals surface area contributed by atoms with Gasteiger partial charge in [0.25, 0.3) is 5.91 Å². The fourth-order valence-electron chi connectivity index (χ4n) is 3.46. The van der Waals surface area contributed by atoms with Gasteiger partial charge in [0.15, 0.2) is 6.10 Å². The Bertz CT molecular complexity index is 778. The summed E-state index contributed by atoms with van der Waals surface area (Å²) in [5, 5.41) is 2.90. The second-order valence-corrected chi connectivity index (χ2v) is 9.48. The Morgan fingerprint density at radius 3 is 2.64 bits per heavy atom. The average Bonchev–Trinajstić information content (AvgIpc) is 2.71. The molecule has 0 aliphatic carbocycles. The molecular formula is C19H30N4O4S. The SMILES string of the molecule is CCS(=O)(=O)N1C[C@@H](C(=O)NCCCN2CCN(C)CC2)Oc2ccccc21. The smallest absolute Gasteiger partial charge is 0.263 e. The number of fused-ring (bicyclic) bond motifs is 1. The summed E-state index contributed by atoms with van der Waals surface area (Å²) in [6.45, 7) is 7.34. The minimum atomic E-state index is -3.48. The summed E-state index contributed by atoms with van der Waals surface area (Å²) in [4.78, 5) is 17.3. The number of rotatable bonds is 7. The van der Waals surface area contributed by atoms with Crippen LogP contribution < -0.4 is 14.4 Å². The Kier molecular flexibility index (Phi) is 6.79. The van der Waals surface area contributed by atoms with Gasteiger partial charge in [0, 0.05) is 32.7 Å². The lowest BCUT2D eigenvalue weighted by Gasteiger charge is -2.34. The highest BCUT2D eigenvalue weighted by Gasteiger charge is 2.35. The van der Waals surface area contributed by atoms with Gasteiger partial charge in [-0.1, -0.05) is 12.1 Å². The molecule has 0 bridgehead atoms. The summed E-state index contributed by atoms with van der Waals surface area (Å²) < 4.78 is 32.0. The van der Waals surface area contributed by atoms with Crippen molar-refractivity contribution in [2.24, 2.45) is 0 Å². The molecule has 2 aliphatic rings. The zero-order valence-corrected chi connectivity index (χ0v) is 17.5. The number of hydrogen-bond acceptors (Lipinski definition) is 6. The minimum absolute atomic E-state index is 0.00250. The Morgan fingerprint density at radius 1 is 1.21 bits per heavy atom. The van der Waals surface area contributed by atoms with E-state index in [1.807, 2.05) is 0 Å². The molecule has 8 nitrogen and oxygen atoms in total. The Balaban J connectivity index is 1.54.